The molecule has 0 saturated carbocycles. The summed E-state index contributed by atoms with van der Waals surface area (Å²) in [6, 6.07) is -0.164. The molecule has 0 aromatic rings. The minimum absolute atomic E-state index is 0.110. The molecule has 1 heterocycles. The predicted molar refractivity (Wildman–Crippen MR) is 68.5 cm³/mol. The first-order valence-corrected chi connectivity index (χ1v) is 5.74. The number of aliphatic imine (C=N–C) groups is 2. The van der Waals surface area contributed by atoms with Gasteiger partial charge in [-0.25, -0.2) is 4.99 Å². The Bertz CT molecular complexity index is 302. The molecule has 0 N–H and O–H groups in total. The van der Waals surface area contributed by atoms with Crippen molar-refractivity contribution in [3.63, 3.8) is 0 Å². The van der Waals surface area contributed by atoms with Gasteiger partial charge in [0, 0.05) is 20.4 Å². The Hall–Kier alpha value is -0.170. The lowest BCUT2D eigenvalue weighted by atomic mass is 10.1. The molecule has 0 saturated heterocycles. The molecule has 1 rings (SSSR count). The third kappa shape index (κ3) is 3.14. The summed E-state index contributed by atoms with van der Waals surface area (Å²) in [5.74, 6) is 0.712. The zero-order valence-electron chi connectivity index (χ0n) is 8.81. The number of halogens is 1. The van der Waals surface area contributed by atoms with Crippen LogP contribution >= 0.6 is 28.1 Å². The Morgan fingerprint density at radius 1 is 1.47 bits per heavy atom. The Kier molecular flexibility index (Phi) is 4.98. The van der Waals surface area contributed by atoms with E-state index in [1.165, 1.54) is 0 Å². The number of hydrogen-bond donors (Lipinski definition) is 0. The summed E-state index contributed by atoms with van der Waals surface area (Å²) in [5, 5.41) is 0. The van der Waals surface area contributed by atoms with Crippen LogP contribution in [-0.2, 0) is 9.47 Å². The van der Waals surface area contributed by atoms with E-state index in [0.717, 1.165) is 0 Å². The van der Waals surface area contributed by atoms with Gasteiger partial charge in [-0.15, -0.1) is 0 Å². The fourth-order valence-electron chi connectivity index (χ4n) is 1.26. The van der Waals surface area contributed by atoms with Crippen molar-refractivity contribution >= 4 is 45.1 Å². The van der Waals surface area contributed by atoms with E-state index in [2.05, 4.69) is 25.9 Å². The van der Waals surface area contributed by atoms with Gasteiger partial charge in [0.15, 0.2) is 6.29 Å². The maximum Gasteiger partial charge on any atom is 0.171 e. The van der Waals surface area contributed by atoms with Gasteiger partial charge in [-0.05, 0) is 6.92 Å². The van der Waals surface area contributed by atoms with Gasteiger partial charge in [0.25, 0.3) is 0 Å². The zero-order valence-corrected chi connectivity index (χ0v) is 11.2. The van der Waals surface area contributed by atoms with Gasteiger partial charge in [-0.1, -0.05) is 28.1 Å². The van der Waals surface area contributed by atoms with E-state index >= 15 is 0 Å². The Balaban J connectivity index is 2.78. The SMILES string of the molecule is COC(OC)C(Br)C1N=C(C)N=CC1=S. The summed E-state index contributed by atoms with van der Waals surface area (Å²) < 4.78 is 10.3. The number of alkyl halides is 1. The number of rotatable bonds is 4. The second-order valence-electron chi connectivity index (χ2n) is 3.07. The van der Waals surface area contributed by atoms with Crippen molar-refractivity contribution in [2.24, 2.45) is 9.98 Å². The molecule has 0 bridgehead atoms. The van der Waals surface area contributed by atoms with Gasteiger partial charge in [0.2, 0.25) is 0 Å². The van der Waals surface area contributed by atoms with Gasteiger partial charge in [-0.3, -0.25) is 4.99 Å². The second kappa shape index (κ2) is 5.79. The summed E-state index contributed by atoms with van der Waals surface area (Å²) >= 11 is 8.66. The minimum Gasteiger partial charge on any atom is -0.355 e. The molecule has 84 valence electrons. The van der Waals surface area contributed by atoms with Crippen LogP contribution < -0.4 is 0 Å². The van der Waals surface area contributed by atoms with E-state index in [1.807, 2.05) is 6.92 Å². The van der Waals surface area contributed by atoms with Crippen molar-refractivity contribution in [2.75, 3.05) is 14.2 Å². The first-order valence-electron chi connectivity index (χ1n) is 4.42. The number of amidine groups is 1. The van der Waals surface area contributed by atoms with E-state index < -0.39 is 0 Å². The smallest absolute Gasteiger partial charge is 0.171 e. The molecule has 0 radical (unpaired) electrons. The lowest BCUT2D eigenvalue weighted by Gasteiger charge is -2.26. The number of ether oxygens (including phenoxy) is 2. The first-order chi connectivity index (χ1) is 7.10. The van der Waals surface area contributed by atoms with Crippen LogP contribution in [0.5, 0.6) is 0 Å². The van der Waals surface area contributed by atoms with E-state index in [9.17, 15) is 0 Å². The molecule has 2 atom stereocenters. The summed E-state index contributed by atoms with van der Waals surface area (Å²) in [6.45, 7) is 1.83. The Labute approximate surface area is 103 Å². The highest BCUT2D eigenvalue weighted by atomic mass is 79.9. The average Bonchev–Trinajstić information content (AvgIpc) is 2.23. The quantitative estimate of drug-likeness (QED) is 0.449. The van der Waals surface area contributed by atoms with Crippen LogP contribution in [0.15, 0.2) is 9.98 Å². The van der Waals surface area contributed by atoms with E-state index in [-0.39, 0.29) is 17.2 Å². The van der Waals surface area contributed by atoms with Gasteiger partial charge in [0.05, 0.1) is 9.69 Å². The maximum absolute atomic E-state index is 5.17. The lowest BCUT2D eigenvalue weighted by Crippen LogP contribution is -2.40. The van der Waals surface area contributed by atoms with Crippen LogP contribution in [0.25, 0.3) is 0 Å². The highest BCUT2D eigenvalue weighted by Gasteiger charge is 2.31. The van der Waals surface area contributed by atoms with Crippen molar-refractivity contribution in [3.8, 4) is 0 Å². The van der Waals surface area contributed by atoms with Crippen molar-refractivity contribution in [3.05, 3.63) is 0 Å². The van der Waals surface area contributed by atoms with Crippen molar-refractivity contribution in [1.82, 2.24) is 0 Å². The molecule has 0 aliphatic carbocycles. The Morgan fingerprint density at radius 2 is 2.07 bits per heavy atom. The second-order valence-corrected chi connectivity index (χ2v) is 4.59. The molecule has 0 amide bonds. The third-order valence-electron chi connectivity index (χ3n) is 2.02. The zero-order chi connectivity index (χ0) is 11.4. The fraction of sp³-hybridized carbons (Fsp3) is 0.667. The molecule has 2 unspecified atom stereocenters. The molecule has 0 spiro atoms. The van der Waals surface area contributed by atoms with Crippen molar-refractivity contribution in [1.29, 1.82) is 0 Å². The molecule has 0 aromatic heterocycles. The molecule has 1 aliphatic rings. The molecular weight excluding hydrogens is 280 g/mol. The minimum atomic E-state index is -0.379. The summed E-state index contributed by atoms with van der Waals surface area (Å²) in [6.07, 6.45) is 1.27. The predicted octanol–water partition coefficient (Wildman–Crippen LogP) is 1.61. The van der Waals surface area contributed by atoms with Gasteiger partial charge in [0.1, 0.15) is 11.9 Å². The molecule has 6 heteroatoms. The topological polar surface area (TPSA) is 43.2 Å². The van der Waals surface area contributed by atoms with Gasteiger partial charge < -0.3 is 9.47 Å². The van der Waals surface area contributed by atoms with Crippen LogP contribution in [0.1, 0.15) is 6.92 Å². The summed E-state index contributed by atoms with van der Waals surface area (Å²) in [5.41, 5.74) is 0. The van der Waals surface area contributed by atoms with Crippen LogP contribution in [-0.4, -0.2) is 48.3 Å². The maximum atomic E-state index is 5.17. The molecule has 1 aliphatic heterocycles. The number of hydrogen-bond acceptors (Lipinski definition) is 5. The van der Waals surface area contributed by atoms with Gasteiger partial charge >= 0.3 is 0 Å². The largest absolute Gasteiger partial charge is 0.355 e. The highest BCUT2D eigenvalue weighted by Crippen LogP contribution is 2.20. The van der Waals surface area contributed by atoms with Crippen molar-refractivity contribution < 1.29 is 9.47 Å². The van der Waals surface area contributed by atoms with E-state index in [4.69, 9.17) is 21.7 Å². The Morgan fingerprint density at radius 3 is 2.60 bits per heavy atom. The van der Waals surface area contributed by atoms with Crippen LogP contribution in [0.3, 0.4) is 0 Å². The standard InChI is InChI=1S/C9H13BrN2O2S/c1-5-11-4-6(15)8(12-5)7(10)9(13-2)14-3/h4,7-9H,1-3H3. The summed E-state index contributed by atoms with van der Waals surface area (Å²) in [7, 11) is 3.16. The monoisotopic (exact) mass is 292 g/mol. The molecule has 15 heavy (non-hydrogen) atoms. The molecule has 0 aromatic carbocycles. The fourth-order valence-corrected chi connectivity index (χ4v) is 2.53. The summed E-state index contributed by atoms with van der Waals surface area (Å²) in [4.78, 5) is 8.96. The average molecular weight is 293 g/mol. The first kappa shape index (κ1) is 12.9. The van der Waals surface area contributed by atoms with E-state index in [0.29, 0.717) is 10.7 Å². The lowest BCUT2D eigenvalue weighted by molar-refractivity contribution is -0.101. The molecule has 4 nitrogen and oxygen atoms in total. The van der Waals surface area contributed by atoms with Crippen molar-refractivity contribution in [2.45, 2.75) is 24.1 Å². The molecular formula is C9H13BrN2O2S. The number of thiocarbonyl (C=S) groups is 1. The number of nitrogens with zero attached hydrogens (tertiary/aromatic N) is 2. The number of methoxy groups -OCH3 is 2. The van der Waals surface area contributed by atoms with Crippen LogP contribution in [0.2, 0.25) is 0 Å². The third-order valence-corrected chi connectivity index (χ3v) is 3.30. The highest BCUT2D eigenvalue weighted by molar-refractivity contribution is 9.09. The van der Waals surface area contributed by atoms with Crippen LogP contribution in [0, 0.1) is 0 Å². The van der Waals surface area contributed by atoms with Crippen LogP contribution in [0.4, 0.5) is 0 Å². The van der Waals surface area contributed by atoms with Gasteiger partial charge in [-0.2, -0.15) is 0 Å². The molecule has 0 fully saturated rings. The van der Waals surface area contributed by atoms with E-state index in [1.54, 1.807) is 20.4 Å². The normalized spacial score (nSPS) is 23.1.